The molecule has 2 aromatic rings. The summed E-state index contributed by atoms with van der Waals surface area (Å²) in [6.45, 7) is 7.00. The highest BCUT2D eigenvalue weighted by Gasteiger charge is 2.38. The van der Waals surface area contributed by atoms with Crippen LogP contribution in [-0.4, -0.2) is 40.9 Å². The molecule has 178 valence electrons. The Hall–Kier alpha value is -3.06. The van der Waals surface area contributed by atoms with Gasteiger partial charge in [-0.15, -0.1) is 12.8 Å². The number of rotatable bonds is 9. The number of allylic oxidation sites excluding steroid dienone is 5. The predicted octanol–water partition coefficient (Wildman–Crippen LogP) is 6.31. The van der Waals surface area contributed by atoms with E-state index in [1.54, 1.807) is 12.1 Å². The molecule has 2 N–H and O–H groups in total. The van der Waals surface area contributed by atoms with Crippen LogP contribution in [0, 0.1) is 18.8 Å². The van der Waals surface area contributed by atoms with Crippen molar-refractivity contribution in [3.8, 4) is 18.6 Å². The van der Waals surface area contributed by atoms with E-state index in [4.69, 9.17) is 0 Å². The number of hydrogen-bond donors (Lipinski definition) is 2. The molecule has 1 saturated heterocycles. The number of nitrogens with zero attached hydrogens (tertiary/aromatic N) is 1. The lowest BCUT2D eigenvalue weighted by Gasteiger charge is -2.40. The number of aromatic hydroxyl groups is 1. The molecular weight excluding hydrogens is 418 g/mol. The van der Waals surface area contributed by atoms with Crippen LogP contribution in [0.2, 0.25) is 0 Å². The highest BCUT2D eigenvalue weighted by molar-refractivity contribution is 5.98. The second-order valence-corrected chi connectivity index (χ2v) is 9.24. The predicted molar refractivity (Wildman–Crippen MR) is 143 cm³/mol. The number of phenolic OH excluding ortho intramolecular Hbond substituents is 1. The molecule has 4 rings (SSSR count). The Morgan fingerprint density at radius 1 is 0.941 bits per heavy atom. The summed E-state index contributed by atoms with van der Waals surface area (Å²) in [7, 11) is 0. The molecule has 0 radical (unpaired) electrons. The molecule has 0 bridgehead atoms. The zero-order chi connectivity index (χ0) is 24.5. The van der Waals surface area contributed by atoms with Gasteiger partial charge >= 0.3 is 0 Å². The van der Waals surface area contributed by atoms with E-state index in [0.717, 1.165) is 18.0 Å². The van der Waals surface area contributed by atoms with Crippen molar-refractivity contribution in [2.24, 2.45) is 5.92 Å². The first-order valence-electron chi connectivity index (χ1n) is 12.2. The lowest BCUT2D eigenvalue weighted by atomic mass is 9.86. The minimum absolute atomic E-state index is 0.167. The van der Waals surface area contributed by atoms with Crippen molar-refractivity contribution >= 4 is 11.1 Å². The highest BCUT2D eigenvalue weighted by Crippen LogP contribution is 2.37. The standard InChI is InChI=1S/C29H35NO2.C2H2/c1-21(25-19-30(20-25)26-14-15-26)10-11-22(2)29(24-12-16-27(32)17-13-24)28(9-6-18-31)23-7-4-3-5-8-23;1-2/h3-5,7-8,10-13,16-17,25-26,31-32H,6,9,14-15,18-20H2,1-2H3;1-2H/b21-10+,22-11+,29-28+;. The van der Waals surface area contributed by atoms with Crippen molar-refractivity contribution in [3.05, 3.63) is 89.0 Å². The molecule has 0 unspecified atom stereocenters. The van der Waals surface area contributed by atoms with E-state index in [9.17, 15) is 10.2 Å². The summed E-state index contributed by atoms with van der Waals surface area (Å²) >= 11 is 0. The maximum Gasteiger partial charge on any atom is 0.115 e. The van der Waals surface area contributed by atoms with E-state index < -0.39 is 0 Å². The van der Waals surface area contributed by atoms with Gasteiger partial charge in [0.05, 0.1) is 0 Å². The highest BCUT2D eigenvalue weighted by atomic mass is 16.3. The molecule has 1 aliphatic carbocycles. The SMILES string of the molecule is C#C.CC(=C\C=C(/C)C1CN(C2CC2)C1)/C(=C(/CCCO)c1ccccc1)c1ccc(O)cc1. The lowest BCUT2D eigenvalue weighted by Crippen LogP contribution is -2.48. The maximum absolute atomic E-state index is 9.83. The Morgan fingerprint density at radius 2 is 1.59 bits per heavy atom. The van der Waals surface area contributed by atoms with Gasteiger partial charge in [-0.3, -0.25) is 4.90 Å². The minimum Gasteiger partial charge on any atom is -0.508 e. The van der Waals surface area contributed by atoms with Gasteiger partial charge in [0.2, 0.25) is 0 Å². The first-order chi connectivity index (χ1) is 16.6. The zero-order valence-electron chi connectivity index (χ0n) is 20.5. The topological polar surface area (TPSA) is 43.7 Å². The number of aliphatic hydroxyl groups is 1. The average molecular weight is 456 g/mol. The summed E-state index contributed by atoms with van der Waals surface area (Å²) in [5.74, 6) is 0.941. The van der Waals surface area contributed by atoms with Gasteiger partial charge < -0.3 is 10.2 Å². The molecule has 2 aliphatic rings. The van der Waals surface area contributed by atoms with Crippen molar-refractivity contribution in [2.45, 2.75) is 45.6 Å². The largest absolute Gasteiger partial charge is 0.508 e. The summed E-state index contributed by atoms with van der Waals surface area (Å²) in [6.07, 6.45) is 16.8. The van der Waals surface area contributed by atoms with Gasteiger partial charge in [-0.1, -0.05) is 60.2 Å². The summed E-state index contributed by atoms with van der Waals surface area (Å²) in [6, 6.07) is 18.8. The molecule has 0 amide bonds. The molecule has 34 heavy (non-hydrogen) atoms. The lowest BCUT2D eigenvalue weighted by molar-refractivity contribution is 0.114. The molecule has 1 aliphatic heterocycles. The molecule has 0 atom stereocenters. The van der Waals surface area contributed by atoms with Crippen LogP contribution in [0.3, 0.4) is 0 Å². The quantitative estimate of drug-likeness (QED) is 0.264. The number of hydrogen-bond acceptors (Lipinski definition) is 3. The van der Waals surface area contributed by atoms with Crippen LogP contribution in [0.4, 0.5) is 0 Å². The Bertz CT molecular complexity index is 1030. The Morgan fingerprint density at radius 3 is 2.18 bits per heavy atom. The third kappa shape index (κ3) is 6.50. The van der Waals surface area contributed by atoms with Crippen LogP contribution >= 0.6 is 0 Å². The van der Waals surface area contributed by atoms with Gasteiger partial charge in [-0.25, -0.2) is 0 Å². The molecule has 3 nitrogen and oxygen atoms in total. The van der Waals surface area contributed by atoms with Crippen LogP contribution in [0.15, 0.2) is 77.9 Å². The summed E-state index contributed by atoms with van der Waals surface area (Å²) in [5.41, 5.74) is 7.32. The van der Waals surface area contributed by atoms with E-state index in [1.165, 1.54) is 53.8 Å². The molecule has 0 aromatic heterocycles. The first-order valence-corrected chi connectivity index (χ1v) is 12.2. The van der Waals surface area contributed by atoms with Crippen molar-refractivity contribution in [3.63, 3.8) is 0 Å². The average Bonchev–Trinajstić information content (AvgIpc) is 3.67. The third-order valence-electron chi connectivity index (χ3n) is 6.77. The minimum atomic E-state index is 0.167. The van der Waals surface area contributed by atoms with Crippen LogP contribution in [0.5, 0.6) is 5.75 Å². The smallest absolute Gasteiger partial charge is 0.115 e. The van der Waals surface area contributed by atoms with E-state index in [1.807, 2.05) is 18.2 Å². The summed E-state index contributed by atoms with van der Waals surface area (Å²) < 4.78 is 0. The number of phenols is 1. The normalized spacial score (nSPS) is 17.9. The Kier molecular flexibility index (Phi) is 9.33. The Labute approximate surface area is 205 Å². The number of benzene rings is 2. The molecule has 0 spiro atoms. The van der Waals surface area contributed by atoms with Gasteiger partial charge in [-0.05, 0) is 79.5 Å². The molecule has 2 aromatic carbocycles. The molecule has 1 heterocycles. The number of likely N-dealkylation sites (tertiary alicyclic amines) is 1. The van der Waals surface area contributed by atoms with Gasteiger partial charge in [0.25, 0.3) is 0 Å². The fourth-order valence-corrected chi connectivity index (χ4v) is 4.59. The van der Waals surface area contributed by atoms with Crippen molar-refractivity contribution < 1.29 is 10.2 Å². The van der Waals surface area contributed by atoms with Crippen LogP contribution in [-0.2, 0) is 0 Å². The van der Waals surface area contributed by atoms with Crippen LogP contribution in [0.1, 0.15) is 50.7 Å². The molecule has 2 fully saturated rings. The molecule has 3 heteroatoms. The second-order valence-electron chi connectivity index (χ2n) is 9.24. The van der Waals surface area contributed by atoms with Crippen molar-refractivity contribution in [2.75, 3.05) is 19.7 Å². The monoisotopic (exact) mass is 455 g/mol. The molecular formula is C31H37NO2. The van der Waals surface area contributed by atoms with Gasteiger partial charge in [0, 0.05) is 31.7 Å². The van der Waals surface area contributed by atoms with E-state index in [-0.39, 0.29) is 12.4 Å². The molecule has 1 saturated carbocycles. The Balaban J connectivity index is 0.00000158. The second kappa shape index (κ2) is 12.4. The maximum atomic E-state index is 9.83. The first kappa shape index (κ1) is 25.6. The van der Waals surface area contributed by atoms with Crippen LogP contribution < -0.4 is 0 Å². The van der Waals surface area contributed by atoms with E-state index in [0.29, 0.717) is 12.3 Å². The fraction of sp³-hybridized carbons (Fsp3) is 0.355. The summed E-state index contributed by atoms with van der Waals surface area (Å²) in [4.78, 5) is 2.61. The van der Waals surface area contributed by atoms with E-state index in [2.05, 4.69) is 68.0 Å². The van der Waals surface area contributed by atoms with Gasteiger partial charge in [-0.2, -0.15) is 0 Å². The third-order valence-corrected chi connectivity index (χ3v) is 6.77. The van der Waals surface area contributed by atoms with Crippen molar-refractivity contribution in [1.82, 2.24) is 4.90 Å². The summed E-state index contributed by atoms with van der Waals surface area (Å²) in [5, 5.41) is 19.4. The van der Waals surface area contributed by atoms with E-state index >= 15 is 0 Å². The van der Waals surface area contributed by atoms with Gasteiger partial charge in [0.1, 0.15) is 5.75 Å². The van der Waals surface area contributed by atoms with Crippen molar-refractivity contribution in [1.29, 1.82) is 0 Å². The fourth-order valence-electron chi connectivity index (χ4n) is 4.59. The number of aliphatic hydroxyl groups excluding tert-OH is 1. The van der Waals surface area contributed by atoms with Crippen LogP contribution in [0.25, 0.3) is 11.1 Å². The van der Waals surface area contributed by atoms with Gasteiger partial charge in [0.15, 0.2) is 0 Å². The zero-order valence-corrected chi connectivity index (χ0v) is 20.5. The number of terminal acetylenes is 1.